The summed E-state index contributed by atoms with van der Waals surface area (Å²) in [4.78, 5) is 27.5. The number of rotatable bonds is 6. The van der Waals surface area contributed by atoms with Gasteiger partial charge in [-0.3, -0.25) is 9.59 Å². The maximum absolute atomic E-state index is 13.1. The SMILES string of the molecule is CC.O=C(Nc1cc(Cc2n[nH]c(=O)c3ccccc23)ccc1N1CCOCC1)c1cccc(CCl)c1. The Bertz CT molecular complexity index is 1430. The molecule has 37 heavy (non-hydrogen) atoms. The number of hydrogen-bond acceptors (Lipinski definition) is 5. The van der Waals surface area contributed by atoms with Gasteiger partial charge in [0.1, 0.15) is 0 Å². The predicted molar refractivity (Wildman–Crippen MR) is 150 cm³/mol. The average Bonchev–Trinajstić information content (AvgIpc) is 2.96. The molecular formula is C29H31ClN4O3. The molecule has 3 aromatic carbocycles. The number of ether oxygens (including phenoxy) is 1. The van der Waals surface area contributed by atoms with Gasteiger partial charge in [-0.1, -0.05) is 50.2 Å². The molecule has 0 saturated carbocycles. The van der Waals surface area contributed by atoms with Crippen LogP contribution in [-0.4, -0.2) is 42.4 Å². The molecule has 4 aromatic rings. The standard InChI is InChI=1S/C27H25ClN4O3.C2H6/c28-17-19-4-3-5-20(14-19)26(33)29-24-16-18(8-9-25(24)32-10-12-35-13-11-32)15-23-21-6-1-2-7-22(21)27(34)31-30-23;1-2/h1-9,14,16H,10-13,15,17H2,(H,29,33)(H,31,34);1-2H3. The van der Waals surface area contributed by atoms with Crippen LogP contribution >= 0.6 is 11.6 Å². The van der Waals surface area contributed by atoms with E-state index in [0.717, 1.165) is 46.7 Å². The molecule has 1 aliphatic rings. The summed E-state index contributed by atoms with van der Waals surface area (Å²) in [5.41, 5.74) is 4.63. The second-order valence-corrected chi connectivity index (χ2v) is 8.73. The summed E-state index contributed by atoms with van der Waals surface area (Å²) >= 11 is 5.96. The molecule has 8 heteroatoms. The van der Waals surface area contributed by atoms with Crippen LogP contribution in [0, 0.1) is 0 Å². The van der Waals surface area contributed by atoms with E-state index in [0.29, 0.717) is 36.5 Å². The molecule has 0 bridgehead atoms. The summed E-state index contributed by atoms with van der Waals surface area (Å²) in [5.74, 6) is 0.145. The molecular weight excluding hydrogens is 488 g/mol. The first kappa shape index (κ1) is 26.4. The maximum atomic E-state index is 13.1. The van der Waals surface area contributed by atoms with Gasteiger partial charge in [0.25, 0.3) is 11.5 Å². The molecule has 0 radical (unpaired) electrons. The highest BCUT2D eigenvalue weighted by atomic mass is 35.5. The van der Waals surface area contributed by atoms with Crippen molar-refractivity contribution in [1.82, 2.24) is 10.2 Å². The van der Waals surface area contributed by atoms with Gasteiger partial charge in [0.15, 0.2) is 0 Å². The number of nitrogens with zero attached hydrogens (tertiary/aromatic N) is 2. The zero-order valence-corrected chi connectivity index (χ0v) is 21.8. The Morgan fingerprint density at radius 3 is 2.51 bits per heavy atom. The van der Waals surface area contributed by atoms with Gasteiger partial charge in [-0.05, 0) is 41.5 Å². The quantitative estimate of drug-likeness (QED) is 0.335. The summed E-state index contributed by atoms with van der Waals surface area (Å²) in [6.07, 6.45) is 0.505. The van der Waals surface area contributed by atoms with Crippen LogP contribution in [0.15, 0.2) is 71.5 Å². The Balaban J connectivity index is 0.00000156. The smallest absolute Gasteiger partial charge is 0.272 e. The van der Waals surface area contributed by atoms with Crippen LogP contribution in [0.2, 0.25) is 0 Å². The molecule has 1 aromatic heterocycles. The van der Waals surface area contributed by atoms with Crippen molar-refractivity contribution in [3.05, 3.63) is 99.5 Å². The Hall–Kier alpha value is -3.68. The molecule has 1 fully saturated rings. The van der Waals surface area contributed by atoms with Gasteiger partial charge in [-0.15, -0.1) is 11.6 Å². The fourth-order valence-corrected chi connectivity index (χ4v) is 4.53. The van der Waals surface area contributed by atoms with E-state index in [1.54, 1.807) is 18.2 Å². The van der Waals surface area contributed by atoms with Crippen LogP contribution in [0.4, 0.5) is 11.4 Å². The third-order valence-electron chi connectivity index (χ3n) is 6.15. The van der Waals surface area contributed by atoms with Crippen molar-refractivity contribution >= 4 is 39.7 Å². The highest BCUT2D eigenvalue weighted by molar-refractivity contribution is 6.17. The summed E-state index contributed by atoms with van der Waals surface area (Å²) in [6.45, 7) is 6.77. The van der Waals surface area contributed by atoms with E-state index in [2.05, 4.69) is 20.4 Å². The Morgan fingerprint density at radius 2 is 1.76 bits per heavy atom. The highest BCUT2D eigenvalue weighted by Crippen LogP contribution is 2.30. The molecule has 0 spiro atoms. The molecule has 1 amide bonds. The minimum Gasteiger partial charge on any atom is -0.378 e. The van der Waals surface area contributed by atoms with E-state index in [1.807, 2.05) is 62.4 Å². The van der Waals surface area contributed by atoms with Gasteiger partial charge in [0.05, 0.1) is 35.7 Å². The van der Waals surface area contributed by atoms with Crippen molar-refractivity contribution in [2.45, 2.75) is 26.1 Å². The number of halogens is 1. The number of H-pyrrole nitrogens is 1. The molecule has 192 valence electrons. The van der Waals surface area contributed by atoms with Gasteiger partial charge < -0.3 is 15.0 Å². The minimum absolute atomic E-state index is 0.198. The monoisotopic (exact) mass is 518 g/mol. The number of benzene rings is 3. The van der Waals surface area contributed by atoms with Crippen molar-refractivity contribution in [2.75, 3.05) is 36.5 Å². The predicted octanol–water partition coefficient (Wildman–Crippen LogP) is 5.37. The number of aromatic amines is 1. The lowest BCUT2D eigenvalue weighted by Gasteiger charge is -2.31. The number of nitrogens with one attached hydrogen (secondary N) is 2. The molecule has 2 heterocycles. The number of carbonyl (C=O) groups is 1. The number of amides is 1. The van der Waals surface area contributed by atoms with E-state index < -0.39 is 0 Å². The van der Waals surface area contributed by atoms with E-state index in [1.165, 1.54) is 0 Å². The van der Waals surface area contributed by atoms with Crippen molar-refractivity contribution < 1.29 is 9.53 Å². The fourth-order valence-electron chi connectivity index (χ4n) is 4.36. The van der Waals surface area contributed by atoms with Crippen molar-refractivity contribution in [1.29, 1.82) is 0 Å². The van der Waals surface area contributed by atoms with Crippen LogP contribution in [-0.2, 0) is 17.0 Å². The van der Waals surface area contributed by atoms with Crippen LogP contribution in [0.1, 0.15) is 41.0 Å². The lowest BCUT2D eigenvalue weighted by Crippen LogP contribution is -2.36. The zero-order valence-electron chi connectivity index (χ0n) is 21.1. The first-order chi connectivity index (χ1) is 18.1. The first-order valence-corrected chi connectivity index (χ1v) is 13.0. The molecule has 0 atom stereocenters. The molecule has 0 unspecified atom stereocenters. The largest absolute Gasteiger partial charge is 0.378 e. The van der Waals surface area contributed by atoms with Crippen molar-refractivity contribution in [3.8, 4) is 0 Å². The lowest BCUT2D eigenvalue weighted by atomic mass is 10.0. The number of anilines is 2. The number of fused-ring (bicyclic) bond motifs is 1. The van der Waals surface area contributed by atoms with Crippen LogP contribution < -0.4 is 15.8 Å². The number of alkyl halides is 1. The minimum atomic E-state index is -0.209. The van der Waals surface area contributed by atoms with E-state index >= 15 is 0 Å². The molecule has 0 aliphatic carbocycles. The zero-order chi connectivity index (χ0) is 26.2. The molecule has 1 aliphatic heterocycles. The summed E-state index contributed by atoms with van der Waals surface area (Å²) in [7, 11) is 0. The molecule has 5 rings (SSSR count). The van der Waals surface area contributed by atoms with Gasteiger partial charge in [0.2, 0.25) is 0 Å². The van der Waals surface area contributed by atoms with Gasteiger partial charge in [-0.25, -0.2) is 5.10 Å². The van der Waals surface area contributed by atoms with Gasteiger partial charge in [0, 0.05) is 36.3 Å². The van der Waals surface area contributed by atoms with Crippen molar-refractivity contribution in [3.63, 3.8) is 0 Å². The Labute approximate surface area is 221 Å². The number of aromatic nitrogens is 2. The summed E-state index contributed by atoms with van der Waals surface area (Å²) < 4.78 is 5.51. The van der Waals surface area contributed by atoms with Gasteiger partial charge >= 0.3 is 0 Å². The lowest BCUT2D eigenvalue weighted by molar-refractivity contribution is 0.102. The fraction of sp³-hybridized carbons (Fsp3) is 0.276. The summed E-state index contributed by atoms with van der Waals surface area (Å²) in [5, 5.41) is 11.4. The molecule has 1 saturated heterocycles. The normalized spacial score (nSPS) is 13.1. The number of carbonyl (C=O) groups excluding carboxylic acids is 1. The second kappa shape index (κ2) is 12.5. The van der Waals surface area contributed by atoms with Crippen LogP contribution in [0.25, 0.3) is 10.8 Å². The molecule has 2 N–H and O–H groups in total. The Morgan fingerprint density at radius 1 is 1.00 bits per heavy atom. The third-order valence-corrected chi connectivity index (χ3v) is 6.46. The Kier molecular flexibility index (Phi) is 8.93. The van der Waals surface area contributed by atoms with E-state index in [9.17, 15) is 9.59 Å². The first-order valence-electron chi connectivity index (χ1n) is 12.5. The molecule has 7 nitrogen and oxygen atoms in total. The van der Waals surface area contributed by atoms with E-state index in [4.69, 9.17) is 16.3 Å². The van der Waals surface area contributed by atoms with Gasteiger partial charge in [-0.2, -0.15) is 5.10 Å². The number of hydrogen-bond donors (Lipinski definition) is 2. The summed E-state index contributed by atoms with van der Waals surface area (Å²) in [6, 6.07) is 20.8. The van der Waals surface area contributed by atoms with E-state index in [-0.39, 0.29) is 11.5 Å². The van der Waals surface area contributed by atoms with Crippen LogP contribution in [0.3, 0.4) is 0 Å². The topological polar surface area (TPSA) is 87.3 Å². The third kappa shape index (κ3) is 6.18. The van der Waals surface area contributed by atoms with Crippen molar-refractivity contribution in [2.24, 2.45) is 0 Å². The average molecular weight is 519 g/mol. The second-order valence-electron chi connectivity index (χ2n) is 8.46. The van der Waals surface area contributed by atoms with Crippen LogP contribution in [0.5, 0.6) is 0 Å². The number of morpholine rings is 1. The maximum Gasteiger partial charge on any atom is 0.272 e. The highest BCUT2D eigenvalue weighted by Gasteiger charge is 2.18.